The third-order valence-corrected chi connectivity index (χ3v) is 1.05. The van der Waals surface area contributed by atoms with Crippen LogP contribution in [0.4, 0.5) is 0 Å². The maximum atomic E-state index is 10.6. The highest BCUT2D eigenvalue weighted by molar-refractivity contribution is 8.93. The zero-order chi connectivity index (χ0) is 7.40. The van der Waals surface area contributed by atoms with Crippen LogP contribution >= 0.6 is 17.0 Å². The minimum atomic E-state index is -0.534. The average molecular weight is 216 g/mol. The lowest BCUT2D eigenvalue weighted by atomic mass is 10.2. The van der Waals surface area contributed by atoms with Gasteiger partial charge in [0.15, 0.2) is 6.29 Å². The van der Waals surface area contributed by atoms with Gasteiger partial charge in [0.25, 0.3) is 0 Å². The van der Waals surface area contributed by atoms with E-state index in [1.54, 1.807) is 18.3 Å². The summed E-state index contributed by atoms with van der Waals surface area (Å²) < 4.78 is 0. The zero-order valence-corrected chi connectivity index (χ0v) is 7.27. The van der Waals surface area contributed by atoms with Gasteiger partial charge in [0.2, 0.25) is 5.78 Å². The first-order valence-corrected chi connectivity index (χ1v) is 2.74. The van der Waals surface area contributed by atoms with E-state index in [0.29, 0.717) is 5.56 Å². The summed E-state index contributed by atoms with van der Waals surface area (Å²) in [7, 11) is 0. The van der Waals surface area contributed by atoms with Crippen LogP contribution in [0.5, 0.6) is 0 Å². The predicted molar refractivity (Wildman–Crippen MR) is 45.0 cm³/mol. The first-order valence-electron chi connectivity index (χ1n) is 2.74. The maximum absolute atomic E-state index is 10.6. The van der Waals surface area contributed by atoms with Crippen molar-refractivity contribution in [1.29, 1.82) is 0 Å². The molecule has 3 nitrogen and oxygen atoms in total. The molecule has 0 spiro atoms. The topological polar surface area (TPSA) is 47.0 Å². The van der Waals surface area contributed by atoms with Crippen molar-refractivity contribution >= 4 is 29.1 Å². The van der Waals surface area contributed by atoms with E-state index in [1.165, 1.54) is 6.20 Å². The lowest BCUT2D eigenvalue weighted by molar-refractivity contribution is -0.104. The van der Waals surface area contributed by atoms with Crippen LogP contribution in [0.1, 0.15) is 10.4 Å². The van der Waals surface area contributed by atoms with Crippen LogP contribution in [0.15, 0.2) is 24.5 Å². The molecule has 0 atom stereocenters. The molecule has 0 fully saturated rings. The fraction of sp³-hybridized carbons (Fsp3) is 0. The summed E-state index contributed by atoms with van der Waals surface area (Å²) in [6.45, 7) is 0. The molecule has 11 heavy (non-hydrogen) atoms. The third-order valence-electron chi connectivity index (χ3n) is 1.05. The van der Waals surface area contributed by atoms with Gasteiger partial charge in [-0.05, 0) is 12.1 Å². The van der Waals surface area contributed by atoms with Gasteiger partial charge in [0.05, 0.1) is 0 Å². The molecule has 1 rings (SSSR count). The van der Waals surface area contributed by atoms with E-state index in [1.807, 2.05) is 0 Å². The Kier molecular flexibility index (Phi) is 4.29. The highest BCUT2D eigenvalue weighted by atomic mass is 79.9. The number of rotatable bonds is 2. The fourth-order valence-corrected chi connectivity index (χ4v) is 0.577. The minimum Gasteiger partial charge on any atom is -0.294 e. The Labute approximate surface area is 74.2 Å². The van der Waals surface area contributed by atoms with Crippen LogP contribution in [0.25, 0.3) is 0 Å². The number of nitrogens with zero attached hydrogens (tertiary/aromatic N) is 1. The number of aromatic nitrogens is 1. The van der Waals surface area contributed by atoms with Gasteiger partial charge >= 0.3 is 0 Å². The van der Waals surface area contributed by atoms with Crippen molar-refractivity contribution in [3.63, 3.8) is 0 Å². The van der Waals surface area contributed by atoms with E-state index in [9.17, 15) is 9.59 Å². The molecule has 1 heterocycles. The number of carbonyl (C=O) groups excluding carboxylic acids is 2. The lowest BCUT2D eigenvalue weighted by Gasteiger charge is -1.87. The van der Waals surface area contributed by atoms with E-state index >= 15 is 0 Å². The predicted octanol–water partition coefficient (Wildman–Crippen LogP) is 1.04. The molecule has 0 N–H and O–H groups in total. The molecular formula is C7H6BrNO2. The van der Waals surface area contributed by atoms with Gasteiger partial charge in [0.1, 0.15) is 0 Å². The number of ketones is 1. The Bertz CT molecular complexity index is 248. The SMILES string of the molecule is Br.O=CC(=O)c1cccnc1. The molecular weight excluding hydrogens is 210 g/mol. The van der Waals surface area contributed by atoms with Crippen LogP contribution < -0.4 is 0 Å². The van der Waals surface area contributed by atoms with E-state index in [4.69, 9.17) is 0 Å². The number of pyridine rings is 1. The van der Waals surface area contributed by atoms with Crippen molar-refractivity contribution in [1.82, 2.24) is 4.98 Å². The van der Waals surface area contributed by atoms with Crippen LogP contribution in [0.3, 0.4) is 0 Å². The average Bonchev–Trinajstić information content (AvgIpc) is 2.05. The summed E-state index contributed by atoms with van der Waals surface area (Å²) >= 11 is 0. The third kappa shape index (κ3) is 2.59. The molecule has 0 bridgehead atoms. The second kappa shape index (κ2) is 4.73. The van der Waals surface area contributed by atoms with Gasteiger partial charge in [-0.2, -0.15) is 0 Å². The second-order valence-electron chi connectivity index (χ2n) is 1.72. The normalized spacial score (nSPS) is 8.00. The summed E-state index contributed by atoms with van der Waals surface area (Å²) in [5.41, 5.74) is 0.331. The summed E-state index contributed by atoms with van der Waals surface area (Å²) in [4.78, 5) is 24.2. The molecule has 0 aliphatic rings. The number of Topliss-reactive ketones (excluding diaryl/α,β-unsaturated/α-hetero) is 1. The molecule has 0 radical (unpaired) electrons. The minimum absolute atomic E-state index is 0. The van der Waals surface area contributed by atoms with Crippen LogP contribution in [0.2, 0.25) is 0 Å². The molecule has 1 aromatic heterocycles. The number of aldehydes is 1. The number of halogens is 1. The van der Waals surface area contributed by atoms with E-state index in [2.05, 4.69) is 4.98 Å². The summed E-state index contributed by atoms with van der Waals surface area (Å²) in [5.74, 6) is -0.534. The van der Waals surface area contributed by atoms with Crippen molar-refractivity contribution in [2.75, 3.05) is 0 Å². The fourth-order valence-electron chi connectivity index (χ4n) is 0.577. The Morgan fingerprint density at radius 3 is 2.73 bits per heavy atom. The standard InChI is InChI=1S/C7H5NO2.BrH/c9-5-7(10)6-2-1-3-8-4-6;/h1-5H;1H. The molecule has 0 aliphatic heterocycles. The maximum Gasteiger partial charge on any atom is 0.226 e. The lowest BCUT2D eigenvalue weighted by Crippen LogP contribution is -1.99. The second-order valence-corrected chi connectivity index (χ2v) is 1.72. The van der Waals surface area contributed by atoms with Gasteiger partial charge in [0, 0.05) is 18.0 Å². The number of hydrogen-bond acceptors (Lipinski definition) is 3. The molecule has 0 aliphatic carbocycles. The summed E-state index contributed by atoms with van der Waals surface area (Å²) in [6.07, 6.45) is 3.18. The first kappa shape index (κ1) is 9.97. The van der Waals surface area contributed by atoms with Crippen LogP contribution in [-0.2, 0) is 4.79 Å². The number of carbonyl (C=O) groups is 2. The van der Waals surface area contributed by atoms with Crippen molar-refractivity contribution < 1.29 is 9.59 Å². The summed E-state index contributed by atoms with van der Waals surface area (Å²) in [5, 5.41) is 0. The number of hydrogen-bond donors (Lipinski definition) is 0. The highest BCUT2D eigenvalue weighted by Crippen LogP contribution is 1.93. The van der Waals surface area contributed by atoms with Crippen molar-refractivity contribution in [3.05, 3.63) is 30.1 Å². The van der Waals surface area contributed by atoms with Crippen molar-refractivity contribution in [3.8, 4) is 0 Å². The van der Waals surface area contributed by atoms with Gasteiger partial charge in [-0.1, -0.05) is 0 Å². The molecule has 0 amide bonds. The van der Waals surface area contributed by atoms with Crippen LogP contribution in [0, 0.1) is 0 Å². The van der Waals surface area contributed by atoms with E-state index in [0.717, 1.165) is 0 Å². The molecule has 4 heteroatoms. The Balaban J connectivity index is 0.000001000. The van der Waals surface area contributed by atoms with Gasteiger partial charge in [-0.25, -0.2) is 0 Å². The Morgan fingerprint density at radius 2 is 2.27 bits per heavy atom. The molecule has 1 aromatic rings. The van der Waals surface area contributed by atoms with E-state index in [-0.39, 0.29) is 23.3 Å². The molecule has 0 saturated carbocycles. The largest absolute Gasteiger partial charge is 0.294 e. The monoisotopic (exact) mass is 215 g/mol. The molecule has 0 aromatic carbocycles. The molecule has 0 unspecified atom stereocenters. The van der Waals surface area contributed by atoms with Gasteiger partial charge < -0.3 is 0 Å². The Hall–Kier alpha value is -1.03. The Morgan fingerprint density at radius 1 is 1.55 bits per heavy atom. The van der Waals surface area contributed by atoms with E-state index < -0.39 is 5.78 Å². The quantitative estimate of drug-likeness (QED) is 0.421. The molecule has 58 valence electrons. The van der Waals surface area contributed by atoms with Gasteiger partial charge in [-0.15, -0.1) is 17.0 Å². The molecule has 0 saturated heterocycles. The summed E-state index contributed by atoms with van der Waals surface area (Å²) in [6, 6.07) is 3.15. The highest BCUT2D eigenvalue weighted by Gasteiger charge is 2.00. The first-order chi connectivity index (χ1) is 4.84. The van der Waals surface area contributed by atoms with Crippen molar-refractivity contribution in [2.24, 2.45) is 0 Å². The van der Waals surface area contributed by atoms with Crippen molar-refractivity contribution in [2.45, 2.75) is 0 Å². The van der Waals surface area contributed by atoms with Gasteiger partial charge in [-0.3, -0.25) is 14.6 Å². The smallest absolute Gasteiger partial charge is 0.226 e. The van der Waals surface area contributed by atoms with Crippen LogP contribution in [-0.4, -0.2) is 17.1 Å². The zero-order valence-electron chi connectivity index (χ0n) is 5.56.